The van der Waals surface area contributed by atoms with Gasteiger partial charge in [0.2, 0.25) is 0 Å². The van der Waals surface area contributed by atoms with Crippen LogP contribution < -0.4 is 14.4 Å². The van der Waals surface area contributed by atoms with Gasteiger partial charge < -0.3 is 9.08 Å². The van der Waals surface area contributed by atoms with Gasteiger partial charge in [-0.25, -0.2) is 4.98 Å². The van der Waals surface area contributed by atoms with Crippen LogP contribution in [0.1, 0.15) is 49.9 Å². The topological polar surface area (TPSA) is 88.6 Å². The fraction of sp³-hybridized carbons (Fsp3) is 0.455. The predicted molar refractivity (Wildman–Crippen MR) is 128 cm³/mol. The van der Waals surface area contributed by atoms with Gasteiger partial charge in [-0.15, -0.1) is 11.3 Å². The zero-order valence-electron chi connectivity index (χ0n) is 19.0. The first-order chi connectivity index (χ1) is 14.3. The minimum atomic E-state index is -3.84. The minimum Gasteiger partial charge on any atom is -0.382 e. The van der Waals surface area contributed by atoms with Crippen molar-refractivity contribution in [1.82, 2.24) is 4.98 Å². The molecule has 0 atom stereocenters. The number of carbonyl (C=O) groups excluding carboxylic acids is 1. The van der Waals surface area contributed by atoms with Gasteiger partial charge in [-0.05, 0) is 30.9 Å². The van der Waals surface area contributed by atoms with Crippen LogP contribution in [0.3, 0.4) is 0 Å². The molecule has 1 heterocycles. The van der Waals surface area contributed by atoms with E-state index in [1.165, 1.54) is 17.4 Å². The SMILES string of the molecule is C=C(C)CN(C)c1cc(OS(=O)(=O)CC(C)(C)C)cc(C(=O)Nc2ncc(CC)s2)c1. The van der Waals surface area contributed by atoms with Crippen LogP contribution in [0.2, 0.25) is 0 Å². The lowest BCUT2D eigenvalue weighted by Crippen LogP contribution is -2.25. The summed E-state index contributed by atoms with van der Waals surface area (Å²) in [6.45, 7) is 13.8. The van der Waals surface area contributed by atoms with Gasteiger partial charge in [0, 0.05) is 42.0 Å². The van der Waals surface area contributed by atoms with Gasteiger partial charge in [-0.2, -0.15) is 8.42 Å². The highest BCUT2D eigenvalue weighted by Gasteiger charge is 2.24. The third-order valence-corrected chi connectivity index (χ3v) is 6.78. The molecular formula is C22H31N3O4S2. The molecule has 31 heavy (non-hydrogen) atoms. The standard InChI is InChI=1S/C22H31N3O4S2/c1-8-19-12-23-21(30-19)24-20(26)16-9-17(25(7)13-15(2)3)11-18(10-16)29-31(27,28)14-22(4,5)6/h9-12H,2,8,13-14H2,1,3-7H3,(H,23,24,26). The van der Waals surface area contributed by atoms with Crippen molar-refractivity contribution < 1.29 is 17.4 Å². The van der Waals surface area contributed by atoms with E-state index < -0.39 is 15.5 Å². The maximum Gasteiger partial charge on any atom is 0.309 e. The van der Waals surface area contributed by atoms with Crippen LogP contribution in [-0.2, 0) is 16.5 Å². The second-order valence-corrected chi connectivity index (χ2v) is 11.5. The predicted octanol–water partition coefficient (Wildman–Crippen LogP) is 4.72. The van der Waals surface area contributed by atoms with E-state index in [4.69, 9.17) is 4.18 Å². The zero-order chi connectivity index (χ0) is 23.4. The number of hydrogen-bond acceptors (Lipinski definition) is 7. The number of rotatable bonds is 9. The molecule has 0 aliphatic rings. The number of likely N-dealkylation sites (N-methyl/N-ethyl adjacent to an activating group) is 1. The molecule has 1 aromatic heterocycles. The van der Waals surface area contributed by atoms with Crippen LogP contribution in [0, 0.1) is 5.41 Å². The quantitative estimate of drug-likeness (QED) is 0.426. The third kappa shape index (κ3) is 7.99. The Morgan fingerprint density at radius 3 is 2.52 bits per heavy atom. The van der Waals surface area contributed by atoms with E-state index in [0.717, 1.165) is 16.9 Å². The Morgan fingerprint density at radius 2 is 1.97 bits per heavy atom. The summed E-state index contributed by atoms with van der Waals surface area (Å²) in [5.41, 5.74) is 1.38. The smallest absolute Gasteiger partial charge is 0.309 e. The summed E-state index contributed by atoms with van der Waals surface area (Å²) in [7, 11) is -2.00. The number of hydrogen-bond donors (Lipinski definition) is 1. The number of aryl methyl sites for hydroxylation is 1. The lowest BCUT2D eigenvalue weighted by molar-refractivity contribution is 0.102. The van der Waals surface area contributed by atoms with Gasteiger partial charge in [-0.3, -0.25) is 10.1 Å². The number of thiazole rings is 1. The van der Waals surface area contributed by atoms with Crippen molar-refractivity contribution in [3.63, 3.8) is 0 Å². The van der Waals surface area contributed by atoms with Crippen molar-refractivity contribution in [2.24, 2.45) is 5.41 Å². The Bertz CT molecular complexity index is 1050. The second kappa shape index (κ2) is 9.82. The van der Waals surface area contributed by atoms with Crippen LogP contribution >= 0.6 is 11.3 Å². The highest BCUT2D eigenvalue weighted by atomic mass is 32.2. The van der Waals surface area contributed by atoms with Crippen molar-refractivity contribution in [3.05, 3.63) is 47.0 Å². The summed E-state index contributed by atoms with van der Waals surface area (Å²) in [4.78, 5) is 20.0. The minimum absolute atomic E-state index is 0.0915. The first-order valence-corrected chi connectivity index (χ1v) is 12.4. The number of nitrogens with zero attached hydrogens (tertiary/aromatic N) is 2. The summed E-state index contributed by atoms with van der Waals surface area (Å²) in [5, 5.41) is 3.27. The molecular weight excluding hydrogens is 434 g/mol. The molecule has 0 aliphatic carbocycles. The van der Waals surface area contributed by atoms with E-state index in [-0.39, 0.29) is 23.0 Å². The summed E-state index contributed by atoms with van der Waals surface area (Å²) >= 11 is 1.40. The summed E-state index contributed by atoms with van der Waals surface area (Å²) in [5.74, 6) is -0.443. The van der Waals surface area contributed by atoms with E-state index >= 15 is 0 Å². The zero-order valence-corrected chi connectivity index (χ0v) is 20.6. The molecule has 0 spiro atoms. The summed E-state index contributed by atoms with van der Waals surface area (Å²) in [6.07, 6.45) is 2.56. The fourth-order valence-electron chi connectivity index (χ4n) is 2.88. The highest BCUT2D eigenvalue weighted by molar-refractivity contribution is 7.87. The second-order valence-electron chi connectivity index (χ2n) is 8.81. The Labute approximate surface area is 189 Å². The molecule has 0 bridgehead atoms. The molecule has 170 valence electrons. The maximum atomic E-state index is 12.9. The number of aromatic nitrogens is 1. The molecule has 0 unspecified atom stereocenters. The van der Waals surface area contributed by atoms with Crippen LogP contribution in [0.15, 0.2) is 36.5 Å². The average Bonchev–Trinajstić information content (AvgIpc) is 3.05. The van der Waals surface area contributed by atoms with Gasteiger partial charge in [0.15, 0.2) is 5.13 Å². The van der Waals surface area contributed by atoms with E-state index in [1.54, 1.807) is 18.3 Å². The van der Waals surface area contributed by atoms with Crippen LogP contribution in [0.5, 0.6) is 5.75 Å². The molecule has 0 saturated carbocycles. The monoisotopic (exact) mass is 465 g/mol. The maximum absolute atomic E-state index is 12.9. The molecule has 7 nitrogen and oxygen atoms in total. The normalized spacial score (nSPS) is 11.8. The molecule has 2 aromatic rings. The molecule has 1 amide bonds. The Morgan fingerprint density at radius 1 is 1.29 bits per heavy atom. The third-order valence-electron chi connectivity index (χ3n) is 4.06. The fourth-order valence-corrected chi connectivity index (χ4v) is 5.14. The van der Waals surface area contributed by atoms with Crippen molar-refractivity contribution >= 4 is 38.2 Å². The van der Waals surface area contributed by atoms with E-state index in [9.17, 15) is 13.2 Å². The van der Waals surface area contributed by atoms with Gasteiger partial charge in [0.1, 0.15) is 5.75 Å². The first kappa shape index (κ1) is 24.9. The van der Waals surface area contributed by atoms with Crippen molar-refractivity contribution in [2.45, 2.75) is 41.0 Å². The van der Waals surface area contributed by atoms with Crippen molar-refractivity contribution in [3.8, 4) is 5.75 Å². The largest absolute Gasteiger partial charge is 0.382 e. The Balaban J connectivity index is 2.38. The lowest BCUT2D eigenvalue weighted by atomic mass is 10.0. The Kier molecular flexibility index (Phi) is 7.88. The summed E-state index contributed by atoms with van der Waals surface area (Å²) < 4.78 is 30.4. The van der Waals surface area contributed by atoms with Gasteiger partial charge in [-0.1, -0.05) is 39.8 Å². The average molecular weight is 466 g/mol. The van der Waals surface area contributed by atoms with Crippen LogP contribution in [0.4, 0.5) is 10.8 Å². The van der Waals surface area contributed by atoms with Gasteiger partial charge in [0.25, 0.3) is 5.91 Å². The van der Waals surface area contributed by atoms with Crippen molar-refractivity contribution in [1.29, 1.82) is 0 Å². The molecule has 1 N–H and O–H groups in total. The number of carbonyl (C=O) groups is 1. The Hall–Kier alpha value is -2.39. The number of amides is 1. The highest BCUT2D eigenvalue weighted by Crippen LogP contribution is 2.28. The van der Waals surface area contributed by atoms with Crippen LogP contribution in [-0.4, -0.2) is 38.7 Å². The van der Waals surface area contributed by atoms with E-state index in [0.29, 0.717) is 17.4 Å². The molecule has 0 aliphatic heterocycles. The summed E-state index contributed by atoms with van der Waals surface area (Å²) in [6, 6.07) is 4.73. The molecule has 9 heteroatoms. The number of nitrogens with one attached hydrogen (secondary N) is 1. The van der Waals surface area contributed by atoms with Gasteiger partial charge >= 0.3 is 10.1 Å². The lowest BCUT2D eigenvalue weighted by Gasteiger charge is -2.22. The van der Waals surface area contributed by atoms with E-state index in [1.807, 2.05) is 46.6 Å². The molecule has 1 aromatic carbocycles. The number of benzene rings is 1. The molecule has 0 saturated heterocycles. The van der Waals surface area contributed by atoms with Gasteiger partial charge in [0.05, 0.1) is 5.75 Å². The first-order valence-electron chi connectivity index (χ1n) is 9.97. The van der Waals surface area contributed by atoms with Crippen LogP contribution in [0.25, 0.3) is 0 Å². The molecule has 0 fully saturated rings. The number of anilines is 2. The molecule has 0 radical (unpaired) electrons. The molecule has 2 rings (SSSR count). The van der Waals surface area contributed by atoms with Crippen molar-refractivity contribution in [2.75, 3.05) is 29.6 Å². The van der Waals surface area contributed by atoms with E-state index in [2.05, 4.69) is 16.9 Å².